The Hall–Kier alpha value is -2.92. The highest BCUT2D eigenvalue weighted by molar-refractivity contribution is 5.82. The van der Waals surface area contributed by atoms with Gasteiger partial charge in [0, 0.05) is 35.9 Å². The van der Waals surface area contributed by atoms with E-state index in [2.05, 4.69) is 31.2 Å². The van der Waals surface area contributed by atoms with Crippen molar-refractivity contribution in [1.29, 1.82) is 0 Å². The van der Waals surface area contributed by atoms with Crippen molar-refractivity contribution in [2.45, 2.75) is 51.7 Å². The molecular weight excluding hydrogens is 388 g/mol. The fourth-order valence-corrected chi connectivity index (χ4v) is 5.12. The molecule has 2 aromatic carbocycles. The van der Waals surface area contributed by atoms with E-state index < -0.39 is 17.5 Å². The molecular formula is C26H30N2O3. The first-order valence-electron chi connectivity index (χ1n) is 11.0. The number of hydrogen-bond acceptors (Lipinski definition) is 3. The van der Waals surface area contributed by atoms with Crippen LogP contribution in [0.3, 0.4) is 0 Å². The highest BCUT2D eigenvalue weighted by Gasteiger charge is 2.45. The summed E-state index contributed by atoms with van der Waals surface area (Å²) >= 11 is 0. The Kier molecular flexibility index (Phi) is 6.23. The van der Waals surface area contributed by atoms with E-state index in [4.69, 9.17) is 9.84 Å². The van der Waals surface area contributed by atoms with E-state index in [0.717, 1.165) is 60.2 Å². The highest BCUT2D eigenvalue weighted by atomic mass is 16.5. The predicted octanol–water partition coefficient (Wildman–Crippen LogP) is 5.58. The number of rotatable bonds is 7. The second-order valence-corrected chi connectivity index (χ2v) is 8.58. The topological polar surface area (TPSA) is 64.3 Å². The third-order valence-electron chi connectivity index (χ3n) is 6.65. The summed E-state index contributed by atoms with van der Waals surface area (Å²) in [6, 6.07) is 20.5. The molecule has 1 unspecified atom stereocenters. The van der Waals surface area contributed by atoms with Crippen molar-refractivity contribution in [3.8, 4) is 22.4 Å². The van der Waals surface area contributed by atoms with Gasteiger partial charge in [-0.15, -0.1) is 0 Å². The van der Waals surface area contributed by atoms with E-state index in [0.29, 0.717) is 6.54 Å². The van der Waals surface area contributed by atoms with Crippen LogP contribution in [0.1, 0.15) is 37.8 Å². The first-order chi connectivity index (χ1) is 15.1. The van der Waals surface area contributed by atoms with Crippen LogP contribution in [0.4, 0.5) is 0 Å². The third-order valence-corrected chi connectivity index (χ3v) is 6.65. The Labute approximate surface area is 183 Å². The summed E-state index contributed by atoms with van der Waals surface area (Å²) in [7, 11) is 1.51. The second kappa shape index (κ2) is 9.06. The number of methoxy groups -OCH3 is 1. The van der Waals surface area contributed by atoms with E-state index >= 15 is 0 Å². The molecule has 1 atom stereocenters. The Morgan fingerprint density at radius 3 is 2.16 bits per heavy atom. The largest absolute Gasteiger partial charge is 0.479 e. The Morgan fingerprint density at radius 1 is 1.03 bits per heavy atom. The van der Waals surface area contributed by atoms with Crippen LogP contribution in [0.5, 0.6) is 0 Å². The molecule has 3 aromatic rings. The monoisotopic (exact) mass is 418 g/mol. The van der Waals surface area contributed by atoms with E-state index in [1.54, 1.807) is 0 Å². The van der Waals surface area contributed by atoms with Crippen molar-refractivity contribution in [1.82, 2.24) is 9.78 Å². The molecule has 31 heavy (non-hydrogen) atoms. The van der Waals surface area contributed by atoms with Gasteiger partial charge in [0.15, 0.2) is 6.10 Å². The minimum absolute atomic E-state index is 0.461. The number of aliphatic carboxylic acids is 1. The standard InChI is InChI=1S/C26H30N2O3/c1-19-22(20-12-6-3-7-13-20)23(21-14-8-4-9-15-21)27-28(19)18-26(16-10-5-11-17-26)24(31-2)25(29)30/h3-4,6-9,12-15,24H,5,10-11,16-18H2,1-2H3,(H,29,30). The van der Waals surface area contributed by atoms with Crippen LogP contribution in [-0.4, -0.2) is 34.1 Å². The minimum atomic E-state index is -0.888. The molecule has 5 heteroatoms. The van der Waals surface area contributed by atoms with Crippen molar-refractivity contribution in [2.75, 3.05) is 7.11 Å². The number of ether oxygens (including phenoxy) is 1. The van der Waals surface area contributed by atoms with E-state index in [9.17, 15) is 9.90 Å². The first-order valence-corrected chi connectivity index (χ1v) is 11.0. The number of aromatic nitrogens is 2. The zero-order valence-corrected chi connectivity index (χ0v) is 18.3. The Balaban J connectivity index is 1.83. The number of hydrogen-bond donors (Lipinski definition) is 1. The molecule has 5 nitrogen and oxygen atoms in total. The number of carboxylic acids is 1. The second-order valence-electron chi connectivity index (χ2n) is 8.58. The van der Waals surface area contributed by atoms with Crippen LogP contribution in [-0.2, 0) is 16.1 Å². The number of carbonyl (C=O) groups is 1. The Bertz CT molecular complexity index is 1020. The van der Waals surface area contributed by atoms with Crippen LogP contribution in [0.2, 0.25) is 0 Å². The van der Waals surface area contributed by atoms with E-state index in [-0.39, 0.29) is 0 Å². The van der Waals surface area contributed by atoms with Crippen molar-refractivity contribution < 1.29 is 14.6 Å². The zero-order chi connectivity index (χ0) is 21.8. The number of benzene rings is 2. The molecule has 4 rings (SSSR count). The minimum Gasteiger partial charge on any atom is -0.479 e. The lowest BCUT2D eigenvalue weighted by Crippen LogP contribution is -2.46. The summed E-state index contributed by atoms with van der Waals surface area (Å²) in [5.74, 6) is -0.888. The van der Waals surface area contributed by atoms with Crippen molar-refractivity contribution in [3.05, 3.63) is 66.4 Å². The molecule has 1 aromatic heterocycles. The summed E-state index contributed by atoms with van der Waals surface area (Å²) in [5.41, 5.74) is 4.79. The van der Waals surface area contributed by atoms with Crippen molar-refractivity contribution in [2.24, 2.45) is 5.41 Å². The fraction of sp³-hybridized carbons (Fsp3) is 0.385. The van der Waals surface area contributed by atoms with Crippen LogP contribution in [0.15, 0.2) is 60.7 Å². The molecule has 0 saturated heterocycles. The van der Waals surface area contributed by atoms with Gasteiger partial charge in [-0.1, -0.05) is 79.9 Å². The van der Waals surface area contributed by atoms with Gasteiger partial charge in [-0.3, -0.25) is 4.68 Å². The molecule has 1 N–H and O–H groups in total. The van der Waals surface area contributed by atoms with Crippen LogP contribution in [0, 0.1) is 12.3 Å². The quantitative estimate of drug-likeness (QED) is 0.544. The van der Waals surface area contributed by atoms with Crippen LogP contribution in [0.25, 0.3) is 22.4 Å². The van der Waals surface area contributed by atoms with Crippen LogP contribution < -0.4 is 0 Å². The average Bonchev–Trinajstić information content (AvgIpc) is 3.11. The van der Waals surface area contributed by atoms with Gasteiger partial charge in [0.05, 0.1) is 0 Å². The summed E-state index contributed by atoms with van der Waals surface area (Å²) in [5, 5.41) is 14.9. The molecule has 1 aliphatic carbocycles. The van der Waals surface area contributed by atoms with Crippen molar-refractivity contribution in [3.63, 3.8) is 0 Å². The van der Waals surface area contributed by atoms with Gasteiger partial charge in [0.2, 0.25) is 0 Å². The molecule has 1 saturated carbocycles. The van der Waals surface area contributed by atoms with Gasteiger partial charge >= 0.3 is 5.97 Å². The van der Waals surface area contributed by atoms with E-state index in [1.165, 1.54) is 7.11 Å². The first kappa shape index (κ1) is 21.3. The zero-order valence-electron chi connectivity index (χ0n) is 18.3. The van der Waals surface area contributed by atoms with Gasteiger partial charge in [-0.2, -0.15) is 5.10 Å². The maximum absolute atomic E-state index is 12.1. The molecule has 1 fully saturated rings. The highest BCUT2D eigenvalue weighted by Crippen LogP contribution is 2.43. The predicted molar refractivity (Wildman–Crippen MR) is 122 cm³/mol. The molecule has 1 aliphatic rings. The summed E-state index contributed by atoms with van der Waals surface area (Å²) in [6.07, 6.45) is 4.00. The smallest absolute Gasteiger partial charge is 0.333 e. The third kappa shape index (κ3) is 4.15. The molecule has 0 aliphatic heterocycles. The SMILES string of the molecule is COC(C(=O)O)C1(Cn2nc(-c3ccccc3)c(-c3ccccc3)c2C)CCCCC1. The van der Waals surface area contributed by atoms with Gasteiger partial charge in [-0.05, 0) is 25.3 Å². The number of carboxylic acid groups (broad SMARTS) is 1. The lowest BCUT2D eigenvalue weighted by molar-refractivity contribution is -0.161. The molecule has 0 amide bonds. The van der Waals surface area contributed by atoms with E-state index in [1.807, 2.05) is 41.1 Å². The summed E-state index contributed by atoms with van der Waals surface area (Å²) in [4.78, 5) is 12.1. The lowest BCUT2D eigenvalue weighted by atomic mass is 9.70. The van der Waals surface area contributed by atoms with Gasteiger partial charge in [0.25, 0.3) is 0 Å². The summed E-state index contributed by atoms with van der Waals surface area (Å²) < 4.78 is 7.55. The van der Waals surface area contributed by atoms with Gasteiger partial charge < -0.3 is 9.84 Å². The van der Waals surface area contributed by atoms with Crippen molar-refractivity contribution >= 4 is 5.97 Å². The number of nitrogens with zero attached hydrogens (tertiary/aromatic N) is 2. The molecule has 0 bridgehead atoms. The molecule has 1 heterocycles. The Morgan fingerprint density at radius 2 is 1.61 bits per heavy atom. The van der Waals surface area contributed by atoms with Gasteiger partial charge in [0.1, 0.15) is 5.69 Å². The fourth-order valence-electron chi connectivity index (χ4n) is 5.12. The average molecular weight is 419 g/mol. The normalized spacial score (nSPS) is 16.7. The summed E-state index contributed by atoms with van der Waals surface area (Å²) in [6.45, 7) is 2.62. The maximum Gasteiger partial charge on any atom is 0.333 e. The molecule has 0 spiro atoms. The van der Waals surface area contributed by atoms with Crippen LogP contribution >= 0.6 is 0 Å². The lowest BCUT2D eigenvalue weighted by Gasteiger charge is -2.41. The molecule has 0 radical (unpaired) electrons. The maximum atomic E-state index is 12.1. The van der Waals surface area contributed by atoms with Gasteiger partial charge in [-0.25, -0.2) is 4.79 Å². The molecule has 162 valence electrons.